The normalized spacial score (nSPS) is 11.0. The van der Waals surface area contributed by atoms with Crippen LogP contribution in [-0.2, 0) is 17.6 Å². The molecule has 1 N–H and O–H groups in total. The molecular formula is C12H15N3O2. The van der Waals surface area contributed by atoms with Crippen molar-refractivity contribution < 1.29 is 9.90 Å². The highest BCUT2D eigenvalue weighted by atomic mass is 16.4. The molecule has 0 aromatic carbocycles. The Bertz CT molecular complexity index is 587. The Morgan fingerprint density at radius 2 is 2.18 bits per heavy atom. The first kappa shape index (κ1) is 11.6. The van der Waals surface area contributed by atoms with Gasteiger partial charge >= 0.3 is 5.97 Å². The standard InChI is InChI=1S/C12H15N3O2/c1-4-9-6-13-8(3)15-10(5-11(16)17)7(2)14-12(9)15/h6H,4-5H2,1-3H3,(H,16,17). The number of carboxylic acids is 1. The van der Waals surface area contributed by atoms with Gasteiger partial charge in [-0.05, 0) is 20.3 Å². The Morgan fingerprint density at radius 3 is 2.76 bits per heavy atom. The Morgan fingerprint density at radius 1 is 1.47 bits per heavy atom. The van der Waals surface area contributed by atoms with E-state index in [4.69, 9.17) is 5.11 Å². The van der Waals surface area contributed by atoms with Crippen molar-refractivity contribution >= 4 is 11.6 Å². The molecule has 5 heteroatoms. The van der Waals surface area contributed by atoms with E-state index in [2.05, 4.69) is 9.97 Å². The number of aliphatic carboxylic acids is 1. The van der Waals surface area contributed by atoms with E-state index in [1.807, 2.05) is 31.4 Å². The second kappa shape index (κ2) is 4.16. The molecule has 5 nitrogen and oxygen atoms in total. The number of carboxylic acid groups (broad SMARTS) is 1. The van der Waals surface area contributed by atoms with Crippen molar-refractivity contribution in [1.29, 1.82) is 0 Å². The highest BCUT2D eigenvalue weighted by Gasteiger charge is 2.15. The first-order valence-corrected chi connectivity index (χ1v) is 5.58. The van der Waals surface area contributed by atoms with Crippen LogP contribution in [0.3, 0.4) is 0 Å². The van der Waals surface area contributed by atoms with Crippen LogP contribution in [0.15, 0.2) is 6.20 Å². The van der Waals surface area contributed by atoms with Crippen LogP contribution in [0.4, 0.5) is 0 Å². The molecule has 17 heavy (non-hydrogen) atoms. The topological polar surface area (TPSA) is 67.5 Å². The Balaban J connectivity index is 2.75. The van der Waals surface area contributed by atoms with E-state index in [0.29, 0.717) is 5.69 Å². The zero-order valence-electron chi connectivity index (χ0n) is 10.2. The van der Waals surface area contributed by atoms with E-state index < -0.39 is 5.97 Å². The minimum absolute atomic E-state index is 0.0251. The molecule has 2 heterocycles. The van der Waals surface area contributed by atoms with Gasteiger partial charge in [0.1, 0.15) is 11.5 Å². The fourth-order valence-electron chi connectivity index (χ4n) is 2.01. The molecule has 0 bridgehead atoms. The zero-order valence-corrected chi connectivity index (χ0v) is 10.2. The fraction of sp³-hybridized carbons (Fsp3) is 0.417. The van der Waals surface area contributed by atoms with E-state index in [1.165, 1.54) is 0 Å². The first-order valence-electron chi connectivity index (χ1n) is 5.58. The number of aromatic nitrogens is 3. The summed E-state index contributed by atoms with van der Waals surface area (Å²) in [5, 5.41) is 8.93. The number of aryl methyl sites for hydroxylation is 3. The highest BCUT2D eigenvalue weighted by molar-refractivity contribution is 5.71. The van der Waals surface area contributed by atoms with E-state index in [1.54, 1.807) is 0 Å². The Hall–Kier alpha value is -1.91. The largest absolute Gasteiger partial charge is 0.481 e. The van der Waals surface area contributed by atoms with Crippen LogP contribution in [0.5, 0.6) is 0 Å². The third kappa shape index (κ3) is 1.88. The van der Waals surface area contributed by atoms with Crippen molar-refractivity contribution in [2.45, 2.75) is 33.6 Å². The highest BCUT2D eigenvalue weighted by Crippen LogP contribution is 2.18. The molecular weight excluding hydrogens is 218 g/mol. The molecule has 2 rings (SSSR count). The summed E-state index contributed by atoms with van der Waals surface area (Å²) < 4.78 is 1.85. The monoisotopic (exact) mass is 233 g/mol. The molecule has 0 aliphatic heterocycles. The van der Waals surface area contributed by atoms with Crippen molar-refractivity contribution in [1.82, 2.24) is 14.4 Å². The predicted molar refractivity (Wildman–Crippen MR) is 63.2 cm³/mol. The quantitative estimate of drug-likeness (QED) is 0.873. The van der Waals surface area contributed by atoms with Gasteiger partial charge in [0.05, 0.1) is 17.8 Å². The second-order valence-corrected chi connectivity index (χ2v) is 4.06. The van der Waals surface area contributed by atoms with Gasteiger partial charge in [-0.15, -0.1) is 0 Å². The summed E-state index contributed by atoms with van der Waals surface area (Å²) in [6.45, 7) is 5.73. The van der Waals surface area contributed by atoms with Crippen LogP contribution < -0.4 is 0 Å². The van der Waals surface area contributed by atoms with Gasteiger partial charge in [0.15, 0.2) is 0 Å². The Labute approximate surface area is 99.1 Å². The van der Waals surface area contributed by atoms with E-state index >= 15 is 0 Å². The molecule has 0 unspecified atom stereocenters. The molecule has 2 aromatic rings. The summed E-state index contributed by atoms with van der Waals surface area (Å²) in [4.78, 5) is 19.6. The summed E-state index contributed by atoms with van der Waals surface area (Å²) in [5.74, 6) is -0.0785. The molecule has 2 aromatic heterocycles. The van der Waals surface area contributed by atoms with Crippen LogP contribution in [0, 0.1) is 13.8 Å². The average molecular weight is 233 g/mol. The first-order chi connectivity index (χ1) is 8.04. The van der Waals surface area contributed by atoms with Crippen LogP contribution in [0.25, 0.3) is 5.65 Å². The molecule has 0 aliphatic carbocycles. The molecule has 0 saturated carbocycles. The van der Waals surface area contributed by atoms with Gasteiger partial charge in [-0.2, -0.15) is 0 Å². The molecule has 90 valence electrons. The van der Waals surface area contributed by atoms with Crippen molar-refractivity contribution in [3.63, 3.8) is 0 Å². The number of rotatable bonds is 3. The summed E-state index contributed by atoms with van der Waals surface area (Å²) in [5.41, 5.74) is 3.34. The van der Waals surface area contributed by atoms with Crippen LogP contribution >= 0.6 is 0 Å². The molecule has 0 saturated heterocycles. The van der Waals surface area contributed by atoms with Crippen molar-refractivity contribution in [2.75, 3.05) is 0 Å². The van der Waals surface area contributed by atoms with E-state index in [-0.39, 0.29) is 6.42 Å². The summed E-state index contributed by atoms with van der Waals surface area (Å²) in [6.07, 6.45) is 2.62. The fourth-order valence-corrected chi connectivity index (χ4v) is 2.01. The number of hydrogen-bond donors (Lipinski definition) is 1. The van der Waals surface area contributed by atoms with Crippen LogP contribution in [0.1, 0.15) is 29.7 Å². The van der Waals surface area contributed by atoms with Gasteiger partial charge in [0.2, 0.25) is 0 Å². The third-order valence-corrected chi connectivity index (χ3v) is 2.89. The minimum atomic E-state index is -0.851. The molecule has 0 amide bonds. The minimum Gasteiger partial charge on any atom is -0.481 e. The van der Waals surface area contributed by atoms with Gasteiger partial charge in [-0.25, -0.2) is 9.97 Å². The van der Waals surface area contributed by atoms with Crippen molar-refractivity contribution in [3.05, 3.63) is 29.0 Å². The molecule has 0 radical (unpaired) electrons. The number of hydrogen-bond acceptors (Lipinski definition) is 3. The summed E-state index contributed by atoms with van der Waals surface area (Å²) in [7, 11) is 0. The number of carbonyl (C=O) groups is 1. The van der Waals surface area contributed by atoms with Crippen LogP contribution in [0.2, 0.25) is 0 Å². The molecule has 0 spiro atoms. The SMILES string of the molecule is CCc1cnc(C)n2c(CC(=O)O)c(C)nc12. The zero-order chi connectivity index (χ0) is 12.6. The maximum Gasteiger partial charge on any atom is 0.309 e. The predicted octanol–water partition coefficient (Wildman–Crippen LogP) is 1.54. The number of imidazole rings is 1. The Kier molecular flexibility index (Phi) is 2.83. The smallest absolute Gasteiger partial charge is 0.309 e. The lowest BCUT2D eigenvalue weighted by molar-refractivity contribution is -0.136. The maximum atomic E-state index is 10.9. The van der Waals surface area contributed by atoms with E-state index in [9.17, 15) is 4.79 Å². The van der Waals surface area contributed by atoms with Crippen LogP contribution in [-0.4, -0.2) is 25.4 Å². The lowest BCUT2D eigenvalue weighted by Crippen LogP contribution is -2.08. The average Bonchev–Trinajstić information content (AvgIpc) is 2.57. The lowest BCUT2D eigenvalue weighted by atomic mass is 10.2. The van der Waals surface area contributed by atoms with Crippen molar-refractivity contribution in [3.8, 4) is 0 Å². The number of nitrogens with zero attached hydrogens (tertiary/aromatic N) is 3. The third-order valence-electron chi connectivity index (χ3n) is 2.89. The number of fused-ring (bicyclic) bond motifs is 1. The van der Waals surface area contributed by atoms with E-state index in [0.717, 1.165) is 29.1 Å². The van der Waals surface area contributed by atoms with Gasteiger partial charge < -0.3 is 5.11 Å². The van der Waals surface area contributed by atoms with Gasteiger partial charge in [0.25, 0.3) is 0 Å². The maximum absolute atomic E-state index is 10.9. The molecule has 0 aliphatic rings. The lowest BCUT2D eigenvalue weighted by Gasteiger charge is -2.06. The van der Waals surface area contributed by atoms with Gasteiger partial charge in [0, 0.05) is 11.8 Å². The van der Waals surface area contributed by atoms with Gasteiger partial charge in [-0.3, -0.25) is 9.20 Å². The van der Waals surface area contributed by atoms with Gasteiger partial charge in [-0.1, -0.05) is 6.92 Å². The second-order valence-electron chi connectivity index (χ2n) is 4.06. The summed E-state index contributed by atoms with van der Waals surface area (Å²) >= 11 is 0. The molecule has 0 fully saturated rings. The summed E-state index contributed by atoms with van der Waals surface area (Å²) in [6, 6.07) is 0. The molecule has 0 atom stereocenters. The van der Waals surface area contributed by atoms with Crippen molar-refractivity contribution in [2.24, 2.45) is 0 Å².